The molecule has 0 radical (unpaired) electrons. The van der Waals surface area contributed by atoms with E-state index in [0.29, 0.717) is 18.6 Å². The van der Waals surface area contributed by atoms with Gasteiger partial charge in [-0.25, -0.2) is 0 Å². The highest BCUT2D eigenvalue weighted by molar-refractivity contribution is 5.80. The molecule has 126 valence electrons. The molecule has 2 unspecified atom stereocenters. The van der Waals surface area contributed by atoms with Crippen LogP contribution in [-0.4, -0.2) is 48.2 Å². The van der Waals surface area contributed by atoms with E-state index < -0.39 is 5.54 Å². The molecule has 4 heteroatoms. The largest absolute Gasteiger partial charge is 0.465 e. The van der Waals surface area contributed by atoms with Crippen molar-refractivity contribution in [2.24, 2.45) is 5.92 Å². The van der Waals surface area contributed by atoms with Crippen LogP contribution in [-0.2, 0) is 9.53 Å². The summed E-state index contributed by atoms with van der Waals surface area (Å²) in [5, 5.41) is 3.40. The normalized spacial score (nSPS) is 16.3. The van der Waals surface area contributed by atoms with Crippen LogP contribution in [0.3, 0.4) is 0 Å². The first-order chi connectivity index (χ1) is 9.66. The number of esters is 1. The van der Waals surface area contributed by atoms with Crippen LogP contribution in [0.4, 0.5) is 0 Å². The molecule has 21 heavy (non-hydrogen) atoms. The summed E-state index contributed by atoms with van der Waals surface area (Å²) in [6.07, 6.45) is 0.755. The fourth-order valence-corrected chi connectivity index (χ4v) is 2.94. The van der Waals surface area contributed by atoms with E-state index in [1.54, 1.807) is 0 Å². The molecular weight excluding hydrogens is 264 g/mol. The Balaban J connectivity index is 4.97. The second kappa shape index (κ2) is 9.42. The van der Waals surface area contributed by atoms with Crippen molar-refractivity contribution in [1.82, 2.24) is 10.2 Å². The van der Waals surface area contributed by atoms with Gasteiger partial charge < -0.3 is 9.64 Å². The molecule has 0 aromatic heterocycles. The van der Waals surface area contributed by atoms with Crippen molar-refractivity contribution in [2.75, 3.05) is 19.7 Å². The number of nitrogens with one attached hydrogen (secondary N) is 1. The Morgan fingerprint density at radius 2 is 1.76 bits per heavy atom. The molecule has 0 bridgehead atoms. The highest BCUT2D eigenvalue weighted by Crippen LogP contribution is 2.20. The molecule has 0 rings (SSSR count). The van der Waals surface area contributed by atoms with E-state index in [-0.39, 0.29) is 12.0 Å². The number of carbonyl (C=O) groups excluding carboxylic acids is 1. The summed E-state index contributed by atoms with van der Waals surface area (Å²) in [5.74, 6) is 0.477. The third kappa shape index (κ3) is 7.28. The first-order valence-electron chi connectivity index (χ1n) is 8.35. The molecule has 0 heterocycles. The van der Waals surface area contributed by atoms with E-state index >= 15 is 0 Å². The van der Waals surface area contributed by atoms with Gasteiger partial charge >= 0.3 is 5.97 Å². The molecular formula is C17H36N2O2. The van der Waals surface area contributed by atoms with Gasteiger partial charge in [0.2, 0.25) is 0 Å². The number of hydrogen-bond acceptors (Lipinski definition) is 4. The maximum Gasteiger partial charge on any atom is 0.326 e. The number of carbonyl (C=O) groups is 1. The van der Waals surface area contributed by atoms with Crippen LogP contribution in [0.25, 0.3) is 0 Å². The van der Waals surface area contributed by atoms with Gasteiger partial charge in [0, 0.05) is 18.6 Å². The SMILES string of the molecule is CCOC(=O)C(C)(CC(C)N(CC)CC(C)C)NC(C)C. The average Bonchev–Trinajstić information content (AvgIpc) is 2.34. The van der Waals surface area contributed by atoms with Crippen LogP contribution in [0.2, 0.25) is 0 Å². The Labute approximate surface area is 131 Å². The van der Waals surface area contributed by atoms with Crippen LogP contribution in [0.1, 0.15) is 61.8 Å². The van der Waals surface area contributed by atoms with Gasteiger partial charge in [-0.1, -0.05) is 20.8 Å². The van der Waals surface area contributed by atoms with Crippen molar-refractivity contribution in [3.05, 3.63) is 0 Å². The van der Waals surface area contributed by atoms with Gasteiger partial charge in [0.1, 0.15) is 5.54 Å². The van der Waals surface area contributed by atoms with Gasteiger partial charge in [-0.3, -0.25) is 10.1 Å². The molecule has 0 aliphatic rings. The Morgan fingerprint density at radius 1 is 1.19 bits per heavy atom. The number of ether oxygens (including phenoxy) is 1. The molecule has 0 aliphatic carbocycles. The topological polar surface area (TPSA) is 41.6 Å². The highest BCUT2D eigenvalue weighted by Gasteiger charge is 2.37. The first kappa shape index (κ1) is 20.4. The van der Waals surface area contributed by atoms with Crippen molar-refractivity contribution >= 4 is 5.97 Å². The summed E-state index contributed by atoms with van der Waals surface area (Å²) < 4.78 is 5.28. The highest BCUT2D eigenvalue weighted by atomic mass is 16.5. The predicted octanol–water partition coefficient (Wildman–Crippen LogP) is 3.06. The molecule has 0 aromatic carbocycles. The Kier molecular flexibility index (Phi) is 9.14. The van der Waals surface area contributed by atoms with Crippen LogP contribution >= 0.6 is 0 Å². The van der Waals surface area contributed by atoms with E-state index in [4.69, 9.17) is 4.74 Å². The lowest BCUT2D eigenvalue weighted by Crippen LogP contribution is -2.56. The van der Waals surface area contributed by atoms with Crippen molar-refractivity contribution in [3.8, 4) is 0 Å². The lowest BCUT2D eigenvalue weighted by atomic mass is 9.91. The van der Waals surface area contributed by atoms with Gasteiger partial charge in [-0.2, -0.15) is 0 Å². The summed E-state index contributed by atoms with van der Waals surface area (Å²) in [6.45, 7) is 19.3. The quantitative estimate of drug-likeness (QED) is 0.630. The summed E-state index contributed by atoms with van der Waals surface area (Å²) in [6, 6.07) is 0.574. The Bertz CT molecular complexity index is 305. The summed E-state index contributed by atoms with van der Waals surface area (Å²) in [5.41, 5.74) is -0.631. The minimum Gasteiger partial charge on any atom is -0.465 e. The maximum atomic E-state index is 12.4. The van der Waals surface area contributed by atoms with Gasteiger partial charge in [-0.15, -0.1) is 0 Å². The van der Waals surface area contributed by atoms with E-state index in [1.165, 1.54) is 0 Å². The summed E-state index contributed by atoms with van der Waals surface area (Å²) >= 11 is 0. The third-order valence-corrected chi connectivity index (χ3v) is 3.67. The van der Waals surface area contributed by atoms with Crippen molar-refractivity contribution in [1.29, 1.82) is 0 Å². The zero-order valence-electron chi connectivity index (χ0n) is 15.3. The summed E-state index contributed by atoms with van der Waals surface area (Å²) in [4.78, 5) is 14.8. The molecule has 0 fully saturated rings. The molecule has 1 N–H and O–H groups in total. The van der Waals surface area contributed by atoms with E-state index in [0.717, 1.165) is 19.5 Å². The fourth-order valence-electron chi connectivity index (χ4n) is 2.94. The van der Waals surface area contributed by atoms with E-state index in [9.17, 15) is 4.79 Å². The second-order valence-electron chi connectivity index (χ2n) is 6.89. The van der Waals surface area contributed by atoms with Crippen LogP contribution in [0.15, 0.2) is 0 Å². The molecule has 0 aromatic rings. The van der Waals surface area contributed by atoms with Crippen molar-refractivity contribution in [3.63, 3.8) is 0 Å². The molecule has 0 saturated carbocycles. The van der Waals surface area contributed by atoms with Gasteiger partial charge in [0.15, 0.2) is 0 Å². The van der Waals surface area contributed by atoms with Crippen LogP contribution < -0.4 is 5.32 Å². The van der Waals surface area contributed by atoms with Gasteiger partial charge in [-0.05, 0) is 53.5 Å². The monoisotopic (exact) mass is 300 g/mol. The minimum atomic E-state index is -0.631. The zero-order chi connectivity index (χ0) is 16.6. The molecule has 0 saturated heterocycles. The molecule has 2 atom stereocenters. The maximum absolute atomic E-state index is 12.4. The minimum absolute atomic E-state index is 0.147. The lowest BCUT2D eigenvalue weighted by molar-refractivity contribution is -0.151. The second-order valence-corrected chi connectivity index (χ2v) is 6.89. The van der Waals surface area contributed by atoms with Crippen LogP contribution in [0.5, 0.6) is 0 Å². The van der Waals surface area contributed by atoms with Gasteiger partial charge in [0.25, 0.3) is 0 Å². The molecule has 0 spiro atoms. The predicted molar refractivity (Wildman–Crippen MR) is 89.5 cm³/mol. The van der Waals surface area contributed by atoms with Gasteiger partial charge in [0.05, 0.1) is 6.61 Å². The Hall–Kier alpha value is -0.610. The standard InChI is InChI=1S/C17H36N2O2/c1-9-19(12-13(3)4)15(7)11-17(8,18-14(5)6)16(20)21-10-2/h13-15,18H,9-12H2,1-8H3. The van der Waals surface area contributed by atoms with E-state index in [1.807, 2.05) is 13.8 Å². The number of nitrogens with zero attached hydrogens (tertiary/aromatic N) is 1. The first-order valence-corrected chi connectivity index (χ1v) is 8.35. The fraction of sp³-hybridized carbons (Fsp3) is 0.941. The van der Waals surface area contributed by atoms with Crippen molar-refractivity contribution < 1.29 is 9.53 Å². The van der Waals surface area contributed by atoms with Crippen LogP contribution in [0, 0.1) is 5.92 Å². The lowest BCUT2D eigenvalue weighted by Gasteiger charge is -2.37. The molecule has 0 aliphatic heterocycles. The average molecular weight is 300 g/mol. The van der Waals surface area contributed by atoms with Crippen molar-refractivity contribution in [2.45, 2.75) is 79.4 Å². The molecule has 4 nitrogen and oxygen atoms in total. The number of hydrogen-bond donors (Lipinski definition) is 1. The molecule has 0 amide bonds. The zero-order valence-corrected chi connectivity index (χ0v) is 15.3. The summed E-state index contributed by atoms with van der Waals surface area (Å²) in [7, 11) is 0. The van der Waals surface area contributed by atoms with E-state index in [2.05, 4.69) is 51.8 Å². The Morgan fingerprint density at radius 3 is 2.14 bits per heavy atom. The smallest absolute Gasteiger partial charge is 0.326 e. The number of rotatable bonds is 10. The third-order valence-electron chi connectivity index (χ3n) is 3.67.